The fourth-order valence-electron chi connectivity index (χ4n) is 2.17. The topological polar surface area (TPSA) is 33.8 Å². The quantitative estimate of drug-likeness (QED) is 0.517. The van der Waals surface area contributed by atoms with Gasteiger partial charge in [0.05, 0.1) is 0 Å². The average Bonchev–Trinajstić information content (AvgIpc) is 2.37. The molecule has 1 heterocycles. The Kier molecular flexibility index (Phi) is 8.54. The molecule has 5 nitrogen and oxygen atoms in total. The summed E-state index contributed by atoms with van der Waals surface area (Å²) < 4.78 is 0. The van der Waals surface area contributed by atoms with Crippen molar-refractivity contribution in [3.63, 3.8) is 0 Å². The third-order valence-corrected chi connectivity index (χ3v) is 3.48. The summed E-state index contributed by atoms with van der Waals surface area (Å²) >= 11 is 0. The number of piperazine rings is 1. The van der Waals surface area contributed by atoms with Gasteiger partial charge in [-0.2, -0.15) is 0 Å². The van der Waals surface area contributed by atoms with E-state index in [4.69, 9.17) is 0 Å². The van der Waals surface area contributed by atoms with Crippen molar-refractivity contribution in [3.8, 4) is 0 Å². The van der Waals surface area contributed by atoms with Crippen LogP contribution in [0, 0.1) is 0 Å². The second kappa shape index (κ2) is 9.69. The molecule has 0 aromatic heterocycles. The largest absolute Gasteiger partial charge is 0.318 e. The smallest absolute Gasteiger partial charge is 0.0110 e. The van der Waals surface area contributed by atoms with Crippen LogP contribution in [0.15, 0.2) is 0 Å². The van der Waals surface area contributed by atoms with Gasteiger partial charge in [0.2, 0.25) is 0 Å². The number of hydrogen-bond acceptors (Lipinski definition) is 5. The van der Waals surface area contributed by atoms with Crippen molar-refractivity contribution in [2.24, 2.45) is 0 Å². The van der Waals surface area contributed by atoms with E-state index < -0.39 is 0 Å². The monoisotopic (exact) mass is 257 g/mol. The van der Waals surface area contributed by atoms with Crippen LogP contribution in [0.3, 0.4) is 0 Å². The van der Waals surface area contributed by atoms with Gasteiger partial charge >= 0.3 is 0 Å². The van der Waals surface area contributed by atoms with Gasteiger partial charge in [0.1, 0.15) is 0 Å². The van der Waals surface area contributed by atoms with Gasteiger partial charge in [0.25, 0.3) is 0 Å². The molecule has 0 amide bonds. The predicted molar refractivity (Wildman–Crippen MR) is 78.2 cm³/mol. The fraction of sp³-hybridized carbons (Fsp3) is 1.00. The van der Waals surface area contributed by atoms with Crippen molar-refractivity contribution in [3.05, 3.63) is 0 Å². The first kappa shape index (κ1) is 15.9. The van der Waals surface area contributed by atoms with Crippen LogP contribution in [0.25, 0.3) is 0 Å². The summed E-state index contributed by atoms with van der Waals surface area (Å²) in [5, 5.41) is 6.72. The van der Waals surface area contributed by atoms with Gasteiger partial charge in [-0.05, 0) is 21.1 Å². The minimum absolute atomic E-state index is 1.09. The number of hydrogen-bond donors (Lipinski definition) is 2. The van der Waals surface area contributed by atoms with Crippen LogP contribution >= 0.6 is 0 Å². The lowest BCUT2D eigenvalue weighted by Gasteiger charge is -2.34. The molecule has 0 radical (unpaired) electrons. The van der Waals surface area contributed by atoms with Crippen LogP contribution in [-0.4, -0.2) is 101 Å². The molecular weight excluding hydrogens is 226 g/mol. The first-order chi connectivity index (χ1) is 8.72. The van der Waals surface area contributed by atoms with Crippen LogP contribution < -0.4 is 10.6 Å². The molecule has 18 heavy (non-hydrogen) atoms. The number of nitrogens with one attached hydrogen (secondary N) is 2. The molecule has 1 aliphatic heterocycles. The summed E-state index contributed by atoms with van der Waals surface area (Å²) in [6.07, 6.45) is 0. The van der Waals surface area contributed by atoms with E-state index in [0.717, 1.165) is 26.2 Å². The Morgan fingerprint density at radius 2 is 1.44 bits per heavy atom. The zero-order chi connectivity index (χ0) is 13.2. The van der Waals surface area contributed by atoms with Crippen molar-refractivity contribution in [2.45, 2.75) is 0 Å². The second-order valence-electron chi connectivity index (χ2n) is 5.34. The van der Waals surface area contributed by atoms with Crippen LogP contribution in [0.2, 0.25) is 0 Å². The van der Waals surface area contributed by atoms with Gasteiger partial charge in [0.15, 0.2) is 0 Å². The molecule has 1 aliphatic rings. The molecule has 0 atom stereocenters. The van der Waals surface area contributed by atoms with Gasteiger partial charge < -0.3 is 15.5 Å². The van der Waals surface area contributed by atoms with Gasteiger partial charge in [-0.3, -0.25) is 9.80 Å². The summed E-state index contributed by atoms with van der Waals surface area (Å²) in [6, 6.07) is 0. The van der Waals surface area contributed by atoms with Crippen molar-refractivity contribution in [1.29, 1.82) is 0 Å². The molecular formula is C13H31N5. The SMILES string of the molecule is CNCCN1CCN(CCNCCN(C)C)CC1. The summed E-state index contributed by atoms with van der Waals surface area (Å²) in [4.78, 5) is 7.33. The zero-order valence-corrected chi connectivity index (χ0v) is 12.4. The lowest BCUT2D eigenvalue weighted by Crippen LogP contribution is -2.49. The van der Waals surface area contributed by atoms with Gasteiger partial charge in [0, 0.05) is 65.4 Å². The predicted octanol–water partition coefficient (Wildman–Crippen LogP) is -1.03. The molecule has 0 unspecified atom stereocenters. The molecule has 1 rings (SSSR count). The Morgan fingerprint density at radius 1 is 0.889 bits per heavy atom. The van der Waals surface area contributed by atoms with Crippen LogP contribution in [0.5, 0.6) is 0 Å². The van der Waals surface area contributed by atoms with E-state index in [1.165, 1.54) is 39.3 Å². The Labute approximate surface area is 112 Å². The highest BCUT2D eigenvalue weighted by Crippen LogP contribution is 1.99. The standard InChI is InChI=1S/C13H31N5/c1-14-4-8-17-10-12-18(13-11-17)9-6-15-5-7-16(2)3/h14-15H,4-13H2,1-3H3. The van der Waals surface area contributed by atoms with Crippen molar-refractivity contribution in [2.75, 3.05) is 86.6 Å². The molecule has 5 heteroatoms. The first-order valence-electron chi connectivity index (χ1n) is 7.17. The lowest BCUT2D eigenvalue weighted by atomic mass is 10.3. The third kappa shape index (κ3) is 7.28. The molecule has 2 N–H and O–H groups in total. The van der Waals surface area contributed by atoms with Crippen molar-refractivity contribution >= 4 is 0 Å². The molecule has 0 saturated carbocycles. The molecule has 0 aliphatic carbocycles. The maximum absolute atomic E-state index is 3.50. The Hall–Kier alpha value is -0.200. The first-order valence-corrected chi connectivity index (χ1v) is 7.17. The molecule has 0 spiro atoms. The minimum atomic E-state index is 1.09. The van der Waals surface area contributed by atoms with Gasteiger partial charge in [-0.15, -0.1) is 0 Å². The van der Waals surface area contributed by atoms with E-state index >= 15 is 0 Å². The molecule has 0 aromatic carbocycles. The number of rotatable bonds is 9. The highest BCUT2D eigenvalue weighted by atomic mass is 15.3. The van der Waals surface area contributed by atoms with Gasteiger partial charge in [-0.1, -0.05) is 0 Å². The second-order valence-corrected chi connectivity index (χ2v) is 5.34. The Bertz CT molecular complexity index is 190. The molecule has 0 aromatic rings. The highest BCUT2D eigenvalue weighted by molar-refractivity contribution is 4.72. The van der Waals surface area contributed by atoms with E-state index in [1.54, 1.807) is 0 Å². The maximum Gasteiger partial charge on any atom is 0.0110 e. The molecule has 1 fully saturated rings. The molecule has 108 valence electrons. The lowest BCUT2D eigenvalue weighted by molar-refractivity contribution is 0.134. The summed E-state index contributed by atoms with van der Waals surface area (Å²) in [6.45, 7) is 11.7. The molecule has 1 saturated heterocycles. The Balaban J connectivity index is 1.95. The van der Waals surface area contributed by atoms with E-state index in [9.17, 15) is 0 Å². The van der Waals surface area contributed by atoms with E-state index in [-0.39, 0.29) is 0 Å². The van der Waals surface area contributed by atoms with Gasteiger partial charge in [-0.25, -0.2) is 0 Å². The average molecular weight is 257 g/mol. The third-order valence-electron chi connectivity index (χ3n) is 3.48. The maximum atomic E-state index is 3.50. The van der Waals surface area contributed by atoms with Crippen LogP contribution in [0.1, 0.15) is 0 Å². The van der Waals surface area contributed by atoms with Crippen LogP contribution in [-0.2, 0) is 0 Å². The summed E-state index contributed by atoms with van der Waals surface area (Å²) in [7, 11) is 6.26. The minimum Gasteiger partial charge on any atom is -0.318 e. The zero-order valence-electron chi connectivity index (χ0n) is 12.4. The fourth-order valence-corrected chi connectivity index (χ4v) is 2.17. The number of nitrogens with zero attached hydrogens (tertiary/aromatic N) is 3. The number of likely N-dealkylation sites (N-methyl/N-ethyl adjacent to an activating group) is 2. The molecule has 0 bridgehead atoms. The van der Waals surface area contributed by atoms with E-state index in [2.05, 4.69) is 39.4 Å². The Morgan fingerprint density at radius 3 is 1.94 bits per heavy atom. The highest BCUT2D eigenvalue weighted by Gasteiger charge is 2.15. The van der Waals surface area contributed by atoms with Crippen molar-refractivity contribution < 1.29 is 0 Å². The van der Waals surface area contributed by atoms with Crippen LogP contribution in [0.4, 0.5) is 0 Å². The van der Waals surface area contributed by atoms with E-state index in [0.29, 0.717) is 0 Å². The summed E-state index contributed by atoms with van der Waals surface area (Å²) in [5.74, 6) is 0. The van der Waals surface area contributed by atoms with E-state index in [1.807, 2.05) is 7.05 Å². The normalized spacial score (nSPS) is 18.7. The van der Waals surface area contributed by atoms with Crippen molar-refractivity contribution in [1.82, 2.24) is 25.3 Å². The summed E-state index contributed by atoms with van der Waals surface area (Å²) in [5.41, 5.74) is 0.